The second kappa shape index (κ2) is 5.50. The minimum Gasteiger partial charge on any atom is -0.492 e. The maximum Gasteiger partial charge on any atom is 0.150 e. The summed E-state index contributed by atoms with van der Waals surface area (Å²) >= 11 is 5.77. The number of halogens is 1. The molecule has 1 aromatic heterocycles. The van der Waals surface area contributed by atoms with Crippen molar-refractivity contribution in [1.82, 2.24) is 9.97 Å². The van der Waals surface area contributed by atoms with Crippen LogP contribution >= 0.6 is 11.6 Å². The number of hydrogen-bond acceptors (Lipinski definition) is 4. The molecule has 0 unspecified atom stereocenters. The lowest BCUT2D eigenvalue weighted by molar-refractivity contribution is 0.342. The number of nitrogens with zero attached hydrogens (tertiary/aromatic N) is 2. The van der Waals surface area contributed by atoms with Gasteiger partial charge in [0.05, 0.1) is 24.7 Å². The molecule has 17 heavy (non-hydrogen) atoms. The van der Waals surface area contributed by atoms with Crippen molar-refractivity contribution >= 4 is 23.1 Å². The Labute approximate surface area is 105 Å². The lowest BCUT2D eigenvalue weighted by Crippen LogP contribution is -1.99. The first-order valence-electron chi connectivity index (χ1n) is 5.26. The van der Waals surface area contributed by atoms with Gasteiger partial charge in [0, 0.05) is 0 Å². The normalized spacial score (nSPS) is 10.0. The van der Waals surface area contributed by atoms with Crippen LogP contribution in [0.5, 0.6) is 5.75 Å². The van der Waals surface area contributed by atoms with E-state index in [1.54, 1.807) is 6.20 Å². The molecular weight excluding hydrogens is 238 g/mol. The summed E-state index contributed by atoms with van der Waals surface area (Å²) in [6.07, 6.45) is 3.09. The molecule has 0 fully saturated rings. The fraction of sp³-hybridized carbons (Fsp3) is 0.167. The van der Waals surface area contributed by atoms with Crippen molar-refractivity contribution in [1.29, 1.82) is 0 Å². The average molecular weight is 250 g/mol. The summed E-state index contributed by atoms with van der Waals surface area (Å²) in [6, 6.07) is 7.64. The van der Waals surface area contributed by atoms with Gasteiger partial charge in [0.15, 0.2) is 5.82 Å². The summed E-state index contributed by atoms with van der Waals surface area (Å²) in [5.41, 5.74) is 0.839. The summed E-state index contributed by atoms with van der Waals surface area (Å²) in [6.45, 7) is 2.55. The largest absolute Gasteiger partial charge is 0.492 e. The zero-order valence-corrected chi connectivity index (χ0v) is 10.1. The first-order chi connectivity index (χ1) is 8.29. The molecule has 5 heteroatoms. The zero-order valence-electron chi connectivity index (χ0n) is 9.35. The van der Waals surface area contributed by atoms with Gasteiger partial charge in [0.25, 0.3) is 0 Å². The van der Waals surface area contributed by atoms with Crippen LogP contribution in [0.2, 0.25) is 5.15 Å². The van der Waals surface area contributed by atoms with Crippen LogP contribution in [0.15, 0.2) is 36.7 Å². The van der Waals surface area contributed by atoms with E-state index in [1.807, 2.05) is 31.2 Å². The zero-order chi connectivity index (χ0) is 12.1. The quantitative estimate of drug-likeness (QED) is 0.903. The summed E-state index contributed by atoms with van der Waals surface area (Å²) in [5, 5.41) is 3.47. The Morgan fingerprint density at radius 2 is 2.12 bits per heavy atom. The molecular formula is C12H12ClN3O. The van der Waals surface area contributed by atoms with Gasteiger partial charge >= 0.3 is 0 Å². The molecule has 0 saturated heterocycles. The van der Waals surface area contributed by atoms with Gasteiger partial charge in [-0.3, -0.25) is 4.98 Å². The van der Waals surface area contributed by atoms with Crippen LogP contribution in [0.25, 0.3) is 0 Å². The van der Waals surface area contributed by atoms with E-state index in [9.17, 15) is 0 Å². The third-order valence-corrected chi connectivity index (χ3v) is 2.24. The number of aromatic nitrogens is 2. The number of ether oxygens (including phenoxy) is 1. The molecule has 2 aromatic rings. The van der Waals surface area contributed by atoms with Gasteiger partial charge in [-0.1, -0.05) is 23.7 Å². The monoisotopic (exact) mass is 249 g/mol. The van der Waals surface area contributed by atoms with Crippen LogP contribution in [0.3, 0.4) is 0 Å². The smallest absolute Gasteiger partial charge is 0.150 e. The third kappa shape index (κ3) is 3.07. The van der Waals surface area contributed by atoms with Crippen molar-refractivity contribution in [2.24, 2.45) is 0 Å². The number of anilines is 2. The summed E-state index contributed by atoms with van der Waals surface area (Å²) in [7, 11) is 0. The van der Waals surface area contributed by atoms with Crippen molar-refractivity contribution in [2.45, 2.75) is 6.92 Å². The van der Waals surface area contributed by atoms with E-state index in [0.29, 0.717) is 17.6 Å². The second-order valence-corrected chi connectivity index (χ2v) is 3.67. The molecule has 1 aromatic carbocycles. The number of rotatable bonds is 4. The van der Waals surface area contributed by atoms with Crippen LogP contribution in [-0.2, 0) is 0 Å². The highest BCUT2D eigenvalue weighted by atomic mass is 35.5. The fourth-order valence-corrected chi connectivity index (χ4v) is 1.54. The molecule has 88 valence electrons. The van der Waals surface area contributed by atoms with E-state index in [2.05, 4.69) is 15.3 Å². The maximum absolute atomic E-state index is 5.77. The Hall–Kier alpha value is -1.81. The molecule has 4 nitrogen and oxygen atoms in total. The minimum atomic E-state index is 0.351. The van der Waals surface area contributed by atoms with Crippen molar-refractivity contribution in [3.63, 3.8) is 0 Å². The Kier molecular flexibility index (Phi) is 3.77. The summed E-state index contributed by atoms with van der Waals surface area (Å²) in [5.74, 6) is 1.36. The van der Waals surface area contributed by atoms with Crippen molar-refractivity contribution < 1.29 is 4.74 Å². The Morgan fingerprint density at radius 1 is 1.29 bits per heavy atom. The Morgan fingerprint density at radius 3 is 2.88 bits per heavy atom. The van der Waals surface area contributed by atoms with Gasteiger partial charge in [-0.2, -0.15) is 0 Å². The van der Waals surface area contributed by atoms with Crippen molar-refractivity contribution in [2.75, 3.05) is 11.9 Å². The van der Waals surface area contributed by atoms with E-state index in [4.69, 9.17) is 16.3 Å². The molecule has 0 saturated carbocycles. The lowest BCUT2D eigenvalue weighted by Gasteiger charge is -2.11. The molecule has 0 atom stereocenters. The number of para-hydroxylation sites is 2. The Balaban J connectivity index is 2.23. The molecule has 0 aliphatic heterocycles. The molecule has 0 radical (unpaired) electrons. The van der Waals surface area contributed by atoms with Gasteiger partial charge in [-0.05, 0) is 19.1 Å². The van der Waals surface area contributed by atoms with E-state index in [0.717, 1.165) is 11.4 Å². The third-order valence-electron chi connectivity index (χ3n) is 2.05. The average Bonchev–Trinajstić information content (AvgIpc) is 2.32. The molecule has 1 N–H and O–H groups in total. The van der Waals surface area contributed by atoms with E-state index in [1.165, 1.54) is 6.20 Å². The highest BCUT2D eigenvalue weighted by molar-refractivity contribution is 6.29. The van der Waals surface area contributed by atoms with Crippen LogP contribution in [-0.4, -0.2) is 16.6 Å². The predicted molar refractivity (Wildman–Crippen MR) is 67.9 cm³/mol. The standard InChI is InChI=1S/C12H12ClN3O/c1-2-17-10-6-4-3-5-9(10)15-12-8-14-7-11(13)16-12/h3-8H,2H2,1H3,(H,15,16). The molecule has 0 aliphatic carbocycles. The van der Waals surface area contributed by atoms with Crippen LogP contribution in [0.4, 0.5) is 11.5 Å². The highest BCUT2D eigenvalue weighted by Crippen LogP contribution is 2.26. The van der Waals surface area contributed by atoms with Gasteiger partial charge in [0.1, 0.15) is 10.9 Å². The topological polar surface area (TPSA) is 47.0 Å². The highest BCUT2D eigenvalue weighted by Gasteiger charge is 2.03. The van der Waals surface area contributed by atoms with Crippen LogP contribution in [0, 0.1) is 0 Å². The second-order valence-electron chi connectivity index (χ2n) is 3.28. The molecule has 0 aliphatic rings. The molecule has 0 spiro atoms. The molecule has 0 bridgehead atoms. The number of nitrogens with one attached hydrogen (secondary N) is 1. The lowest BCUT2D eigenvalue weighted by atomic mass is 10.3. The number of benzene rings is 1. The summed E-state index contributed by atoms with van der Waals surface area (Å²) < 4.78 is 5.50. The minimum absolute atomic E-state index is 0.351. The van der Waals surface area contributed by atoms with E-state index < -0.39 is 0 Å². The van der Waals surface area contributed by atoms with E-state index >= 15 is 0 Å². The van der Waals surface area contributed by atoms with Crippen LogP contribution < -0.4 is 10.1 Å². The SMILES string of the molecule is CCOc1ccccc1Nc1cncc(Cl)n1. The molecule has 2 rings (SSSR count). The molecule has 1 heterocycles. The maximum atomic E-state index is 5.77. The Bertz CT molecular complexity index is 505. The first-order valence-corrected chi connectivity index (χ1v) is 5.64. The number of hydrogen-bond donors (Lipinski definition) is 1. The van der Waals surface area contributed by atoms with Crippen molar-refractivity contribution in [3.8, 4) is 5.75 Å². The van der Waals surface area contributed by atoms with Gasteiger partial charge < -0.3 is 10.1 Å². The van der Waals surface area contributed by atoms with Crippen LogP contribution in [0.1, 0.15) is 6.92 Å². The van der Waals surface area contributed by atoms with Gasteiger partial charge in [0.2, 0.25) is 0 Å². The van der Waals surface area contributed by atoms with E-state index in [-0.39, 0.29) is 0 Å². The van der Waals surface area contributed by atoms with Crippen molar-refractivity contribution in [3.05, 3.63) is 41.8 Å². The predicted octanol–water partition coefficient (Wildman–Crippen LogP) is 3.27. The first kappa shape index (κ1) is 11.7. The van der Waals surface area contributed by atoms with Gasteiger partial charge in [-0.25, -0.2) is 4.98 Å². The fourth-order valence-electron chi connectivity index (χ4n) is 1.39. The molecule has 0 amide bonds. The summed E-state index contributed by atoms with van der Waals surface area (Å²) in [4.78, 5) is 8.06. The van der Waals surface area contributed by atoms with Gasteiger partial charge in [-0.15, -0.1) is 0 Å².